The first-order valence-electron chi connectivity index (χ1n) is 11.5. The first-order valence-corrected chi connectivity index (χ1v) is 12.3. The number of ether oxygens (including phenoxy) is 1. The van der Waals surface area contributed by atoms with Crippen LogP contribution in [0.25, 0.3) is 11.3 Å². The summed E-state index contributed by atoms with van der Waals surface area (Å²) in [7, 11) is 0. The van der Waals surface area contributed by atoms with Crippen LogP contribution in [0.4, 0.5) is 15.6 Å². The van der Waals surface area contributed by atoms with Gasteiger partial charge >= 0.3 is 6.09 Å². The third-order valence-electron chi connectivity index (χ3n) is 4.73. The number of anilines is 2. The molecule has 4 N–H and O–H groups in total. The molecule has 1 aromatic heterocycles. The molecule has 0 bridgehead atoms. The summed E-state index contributed by atoms with van der Waals surface area (Å²) in [5.41, 5.74) is 8.23. The van der Waals surface area contributed by atoms with Gasteiger partial charge in [-0.2, -0.15) is 0 Å². The number of hydrogen-bond acceptors (Lipinski definition) is 6. The number of nitrogens with two attached hydrogens (primary N) is 1. The summed E-state index contributed by atoms with van der Waals surface area (Å²) in [6.07, 6.45) is 4.14. The van der Waals surface area contributed by atoms with Gasteiger partial charge in [0.2, 0.25) is 11.8 Å². The molecule has 8 nitrogen and oxygen atoms in total. The van der Waals surface area contributed by atoms with E-state index < -0.39 is 6.09 Å². The molecule has 0 fully saturated rings. The van der Waals surface area contributed by atoms with Gasteiger partial charge in [0.1, 0.15) is 6.61 Å². The van der Waals surface area contributed by atoms with Crippen molar-refractivity contribution < 1.29 is 19.1 Å². The topological polar surface area (TPSA) is 123 Å². The predicted octanol–water partition coefficient (Wildman–Crippen LogP) is 5.96. The third-order valence-corrected chi connectivity index (χ3v) is 5.49. The number of primary amides is 1. The van der Waals surface area contributed by atoms with Crippen LogP contribution in [0.1, 0.15) is 51.5 Å². The van der Waals surface area contributed by atoms with E-state index in [1.54, 1.807) is 0 Å². The van der Waals surface area contributed by atoms with Gasteiger partial charge in [-0.1, -0.05) is 68.7 Å². The van der Waals surface area contributed by atoms with Crippen molar-refractivity contribution in [2.24, 2.45) is 5.73 Å². The maximum Gasteiger partial charge on any atom is 0.404 e. The highest BCUT2D eigenvalue weighted by Gasteiger charge is 2.08. The Morgan fingerprint density at radius 3 is 2.31 bits per heavy atom. The molecular weight excluding hydrogens is 464 g/mol. The van der Waals surface area contributed by atoms with Gasteiger partial charge in [0.05, 0.1) is 5.69 Å². The molecule has 0 unspecified atom stereocenters. The van der Waals surface area contributed by atoms with Crippen molar-refractivity contribution in [1.29, 1.82) is 0 Å². The lowest BCUT2D eigenvalue weighted by molar-refractivity contribution is -0.116. The van der Waals surface area contributed by atoms with Crippen molar-refractivity contribution in [3.8, 4) is 11.3 Å². The Labute approximate surface area is 209 Å². The summed E-state index contributed by atoms with van der Waals surface area (Å²) in [5, 5.41) is 8.13. The van der Waals surface area contributed by atoms with Gasteiger partial charge in [-0.05, 0) is 24.1 Å². The molecule has 0 radical (unpaired) electrons. The lowest BCUT2D eigenvalue weighted by atomic mass is 10.1. The van der Waals surface area contributed by atoms with Gasteiger partial charge in [0.25, 0.3) is 0 Å². The van der Waals surface area contributed by atoms with Crippen LogP contribution in [0.15, 0.2) is 60.0 Å². The van der Waals surface area contributed by atoms with E-state index in [9.17, 15) is 14.4 Å². The summed E-state index contributed by atoms with van der Waals surface area (Å²) in [4.78, 5) is 37.5. The molecule has 3 rings (SSSR count). The van der Waals surface area contributed by atoms with Crippen LogP contribution in [-0.2, 0) is 20.9 Å². The number of unbranched alkanes of at least 4 members (excludes halogenated alkanes) is 3. The van der Waals surface area contributed by atoms with Crippen LogP contribution in [0, 0.1) is 0 Å². The summed E-state index contributed by atoms with van der Waals surface area (Å²) in [6, 6.07) is 16.8. The highest BCUT2D eigenvalue weighted by molar-refractivity contribution is 7.14. The second kappa shape index (κ2) is 15.2. The zero-order valence-electron chi connectivity index (χ0n) is 20.1. The number of carbonyl (C=O) groups excluding carboxylic acids is 3. The molecule has 0 saturated carbocycles. The molecule has 0 atom stereocenters. The van der Waals surface area contributed by atoms with Crippen LogP contribution >= 0.6 is 11.3 Å². The number of nitrogens with zero attached hydrogens (tertiary/aromatic N) is 1. The van der Waals surface area contributed by atoms with Gasteiger partial charge < -0.3 is 21.1 Å². The molecule has 0 saturated heterocycles. The van der Waals surface area contributed by atoms with Crippen LogP contribution in [0.2, 0.25) is 0 Å². The van der Waals surface area contributed by atoms with Crippen molar-refractivity contribution in [2.45, 2.75) is 52.6 Å². The largest absolute Gasteiger partial charge is 0.445 e. The Balaban J connectivity index is 0.000000328. The first kappa shape index (κ1) is 27.5. The van der Waals surface area contributed by atoms with Crippen molar-refractivity contribution in [3.63, 3.8) is 0 Å². The van der Waals surface area contributed by atoms with E-state index in [0.717, 1.165) is 41.8 Å². The Kier molecular flexibility index (Phi) is 12.0. The Hall–Kier alpha value is -3.72. The Bertz CT molecular complexity index is 1070. The van der Waals surface area contributed by atoms with Gasteiger partial charge in [-0.3, -0.25) is 9.59 Å². The molecule has 2 aromatic carbocycles. The summed E-state index contributed by atoms with van der Waals surface area (Å²) < 4.78 is 4.57. The first-order chi connectivity index (χ1) is 16.9. The number of amides is 3. The fraction of sp³-hybridized carbons (Fsp3) is 0.308. The normalized spacial score (nSPS) is 10.0. The van der Waals surface area contributed by atoms with Crippen molar-refractivity contribution >= 4 is 40.1 Å². The monoisotopic (exact) mass is 496 g/mol. The fourth-order valence-corrected chi connectivity index (χ4v) is 3.75. The molecule has 0 aliphatic carbocycles. The molecule has 35 heavy (non-hydrogen) atoms. The van der Waals surface area contributed by atoms with Gasteiger partial charge in [-0.25, -0.2) is 9.78 Å². The van der Waals surface area contributed by atoms with Crippen LogP contribution in [0.3, 0.4) is 0 Å². The fourth-order valence-electron chi connectivity index (χ4n) is 3.01. The van der Waals surface area contributed by atoms with Crippen LogP contribution in [0.5, 0.6) is 0 Å². The van der Waals surface area contributed by atoms with E-state index >= 15 is 0 Å². The standard InChI is InChI=1S/C18H23N3O2S.C8H9NO2/c1-3-4-5-6-7-17(23)21-18-20-16(12-24-18)14-8-10-15(11-9-14)19-13(2)22;9-8(10)11-6-7-4-2-1-3-5-7/h8-12H,3-7H2,1-2H3,(H,19,22)(H,20,21,23);1-5H,6H2,(H2,9,10). The highest BCUT2D eigenvalue weighted by atomic mass is 32.1. The predicted molar refractivity (Wildman–Crippen MR) is 140 cm³/mol. The summed E-state index contributed by atoms with van der Waals surface area (Å²) in [5.74, 6) is -0.0756. The Morgan fingerprint density at radius 2 is 1.69 bits per heavy atom. The molecule has 9 heteroatoms. The second-order valence-corrected chi connectivity index (χ2v) is 8.61. The molecule has 0 aliphatic heterocycles. The minimum Gasteiger partial charge on any atom is -0.445 e. The minimum absolute atomic E-state index is 0.0213. The molecule has 3 aromatic rings. The zero-order valence-corrected chi connectivity index (χ0v) is 20.9. The van der Waals surface area contributed by atoms with E-state index in [4.69, 9.17) is 5.73 Å². The van der Waals surface area contributed by atoms with E-state index in [1.165, 1.54) is 24.7 Å². The molecular formula is C26H32N4O4S. The minimum atomic E-state index is -0.742. The average molecular weight is 497 g/mol. The van der Waals surface area contributed by atoms with Crippen molar-refractivity contribution in [3.05, 3.63) is 65.5 Å². The van der Waals surface area contributed by atoms with Gasteiger partial charge in [-0.15, -0.1) is 11.3 Å². The lowest BCUT2D eigenvalue weighted by Gasteiger charge is -2.03. The molecule has 0 aliphatic rings. The number of carbonyl (C=O) groups is 3. The van der Waals surface area contributed by atoms with Crippen molar-refractivity contribution in [2.75, 3.05) is 10.6 Å². The maximum absolute atomic E-state index is 11.9. The smallest absolute Gasteiger partial charge is 0.404 e. The quantitative estimate of drug-likeness (QED) is 0.299. The second-order valence-electron chi connectivity index (χ2n) is 7.75. The van der Waals surface area contributed by atoms with E-state index in [0.29, 0.717) is 11.6 Å². The van der Waals surface area contributed by atoms with Gasteiger partial charge in [0.15, 0.2) is 5.13 Å². The molecule has 1 heterocycles. The zero-order chi connectivity index (χ0) is 25.5. The number of rotatable bonds is 10. The molecule has 3 amide bonds. The summed E-state index contributed by atoms with van der Waals surface area (Å²) in [6.45, 7) is 3.88. The lowest BCUT2D eigenvalue weighted by Crippen LogP contribution is -2.12. The van der Waals surface area contributed by atoms with Crippen LogP contribution in [-0.4, -0.2) is 22.9 Å². The van der Waals surface area contributed by atoms with E-state index in [2.05, 4.69) is 27.3 Å². The van der Waals surface area contributed by atoms with Gasteiger partial charge in [0, 0.05) is 30.0 Å². The number of thiazole rings is 1. The Morgan fingerprint density at radius 1 is 0.971 bits per heavy atom. The van der Waals surface area contributed by atoms with Crippen LogP contribution < -0.4 is 16.4 Å². The molecule has 0 spiro atoms. The third kappa shape index (κ3) is 11.3. The summed E-state index contributed by atoms with van der Waals surface area (Å²) >= 11 is 1.42. The SMILES string of the molecule is CCCCCCC(=O)Nc1nc(-c2ccc(NC(C)=O)cc2)cs1.NC(=O)OCc1ccccc1. The number of benzene rings is 2. The van der Waals surface area contributed by atoms with E-state index in [-0.39, 0.29) is 18.4 Å². The van der Waals surface area contributed by atoms with Crippen molar-refractivity contribution in [1.82, 2.24) is 4.98 Å². The maximum atomic E-state index is 11.9. The molecule has 186 valence electrons. The van der Waals surface area contributed by atoms with E-state index in [1.807, 2.05) is 60.0 Å². The number of aromatic nitrogens is 1. The number of hydrogen-bond donors (Lipinski definition) is 3. The number of nitrogens with one attached hydrogen (secondary N) is 2. The highest BCUT2D eigenvalue weighted by Crippen LogP contribution is 2.26. The average Bonchev–Trinajstić information content (AvgIpc) is 3.30.